The summed E-state index contributed by atoms with van der Waals surface area (Å²) < 4.78 is 74.0. The van der Waals surface area contributed by atoms with Crippen molar-refractivity contribution in [1.29, 1.82) is 0 Å². The average Bonchev–Trinajstić information content (AvgIpc) is 0.830. The van der Waals surface area contributed by atoms with Crippen molar-refractivity contribution in [2.75, 3.05) is 54.9 Å². The zero-order chi connectivity index (χ0) is 90.9. The number of nitrogens with zero attached hydrogens (tertiary/aromatic N) is 8. The summed E-state index contributed by atoms with van der Waals surface area (Å²) in [4.78, 5) is 118. The van der Waals surface area contributed by atoms with Crippen LogP contribution in [0.1, 0.15) is 154 Å². The molecule has 0 aliphatic carbocycles. The van der Waals surface area contributed by atoms with Gasteiger partial charge in [-0.15, -0.1) is 0 Å². The number of Topliss-reactive ketones (excluding diaryl/α,β-unsaturated/α-hetero) is 4. The van der Waals surface area contributed by atoms with Crippen LogP contribution in [-0.4, -0.2) is 122 Å². The van der Waals surface area contributed by atoms with Crippen LogP contribution in [0.2, 0.25) is 0 Å². The number of hydrogen-bond acceptors (Lipinski definition) is 17. The third-order valence-corrected chi connectivity index (χ3v) is 21.1. The molecule has 4 amide bonds. The Hall–Kier alpha value is -14.4. The molecule has 4 heterocycles. The van der Waals surface area contributed by atoms with E-state index in [0.29, 0.717) is 71.5 Å². The number of phenols is 4. The Labute approximate surface area is 722 Å². The Kier molecular flexibility index (Phi) is 33.5. The molecule has 0 unspecified atom stereocenters. The lowest BCUT2D eigenvalue weighted by atomic mass is 9.98. The number of carbonyl (C=O) groups excluding carboxylic acids is 8. The fourth-order valence-corrected chi connectivity index (χ4v) is 13.5. The minimum absolute atomic E-state index is 0.00422. The molecular weight excluding hydrogens is 1600 g/mol. The summed E-state index contributed by atoms with van der Waals surface area (Å²) in [6.45, 7) is 10.6. The summed E-state index contributed by atoms with van der Waals surface area (Å²) in [5.74, 6) is -4.89. The zero-order valence-electron chi connectivity index (χ0n) is 71.2. The first-order valence-electron chi connectivity index (χ1n) is 40.4. The zero-order valence-corrected chi connectivity index (χ0v) is 71.2. The third-order valence-electron chi connectivity index (χ3n) is 21.1. The van der Waals surface area contributed by atoms with Crippen molar-refractivity contribution in [2.24, 2.45) is 0 Å². The maximum atomic E-state index is 14.6. The highest BCUT2D eigenvalue weighted by Crippen LogP contribution is 2.36. The maximum absolute atomic E-state index is 14.6. The Morgan fingerprint density at radius 1 is 0.336 bits per heavy atom. The quantitative estimate of drug-likeness (QED) is 0.0192. The number of aromatic nitrogens is 4. The van der Waals surface area contributed by atoms with Crippen LogP contribution >= 0.6 is 0 Å². The molecule has 8 aromatic carbocycles. The standard InChI is InChI=1S/C25H25FN2O4.2C25H25FN2O3.C24H22F2N2O3/c1-4-24(31)28(2)21-11-8-17(14-20(21)26)18-7-10-19(23(30)15-18)22(29)12-9-16-6-5-13-27-25(16)32-3;1-4-25(31)28(3)20-10-5-18(6-11-20)19-7-12-21(23(30)15-19)22(29)13-8-17-9-14-24(26)27-16(17)2;1-4-25(31)28(3)22-11-8-18(14-21(22)26)19-7-10-20(24(30)15-19)23(29)12-9-17-6-5-13-27-16(17)2;1-3-23(31)28(2)18-9-4-15(5-10-18)17-6-11-19(21(30)14-17)20(29)12-7-16-8-13-22(25)27-24(16)26/h5-8,10-11,13-15,30H,4,9,12H2,1-3H3;5-7,9-12,14-15,30H,4,8,13H2,1-3H3;5-8,10-11,13-15,30H,4,9,12H2,1-3H3;4-6,8-11,13-14,30H,3,7,12H2,1-2H3. The van der Waals surface area contributed by atoms with Crippen LogP contribution in [0.25, 0.3) is 44.5 Å². The van der Waals surface area contributed by atoms with Crippen LogP contribution in [0.5, 0.6) is 28.9 Å². The van der Waals surface area contributed by atoms with E-state index in [-0.39, 0.29) is 154 Å². The molecule has 0 aliphatic rings. The van der Waals surface area contributed by atoms with Gasteiger partial charge in [0, 0.05) is 126 Å². The molecule has 12 aromatic rings. The van der Waals surface area contributed by atoms with Gasteiger partial charge in [-0.3, -0.25) is 43.3 Å². The summed E-state index contributed by atoms with van der Waals surface area (Å²) in [7, 11) is 8.02. The Morgan fingerprint density at radius 3 is 0.984 bits per heavy atom. The van der Waals surface area contributed by atoms with E-state index in [9.17, 15) is 80.7 Å². The van der Waals surface area contributed by atoms with Crippen LogP contribution in [0.3, 0.4) is 0 Å². The molecule has 21 nitrogen and oxygen atoms in total. The van der Waals surface area contributed by atoms with Crippen LogP contribution in [0.4, 0.5) is 44.7 Å². The molecule has 26 heteroatoms. The first kappa shape index (κ1) is 94.4. The van der Waals surface area contributed by atoms with Crippen molar-refractivity contribution in [3.63, 3.8) is 0 Å². The Bertz CT molecular complexity index is 5750. The molecule has 0 atom stereocenters. The van der Waals surface area contributed by atoms with Crippen molar-refractivity contribution in [3.8, 4) is 73.4 Å². The average molecular weight is 1700 g/mol. The van der Waals surface area contributed by atoms with Crippen molar-refractivity contribution >= 4 is 69.5 Å². The molecule has 0 saturated carbocycles. The first-order valence-corrected chi connectivity index (χ1v) is 40.4. The van der Waals surface area contributed by atoms with Crippen molar-refractivity contribution in [1.82, 2.24) is 19.9 Å². The second-order valence-electron chi connectivity index (χ2n) is 29.2. The predicted molar refractivity (Wildman–Crippen MR) is 472 cm³/mol. The number of ketones is 4. The minimum atomic E-state index is -0.943. The van der Waals surface area contributed by atoms with Crippen LogP contribution in [0, 0.1) is 43.3 Å². The van der Waals surface area contributed by atoms with E-state index in [0.717, 1.165) is 56.5 Å². The number of anilines is 4. The van der Waals surface area contributed by atoms with Crippen molar-refractivity contribution < 1.29 is 85.5 Å². The number of carbonyl (C=O) groups is 8. The van der Waals surface area contributed by atoms with E-state index >= 15 is 0 Å². The highest BCUT2D eigenvalue weighted by molar-refractivity contribution is 6.03. The van der Waals surface area contributed by atoms with E-state index in [1.165, 1.54) is 97.7 Å². The lowest BCUT2D eigenvalue weighted by molar-refractivity contribution is -0.118. The number of aryl methyl sites for hydroxylation is 6. The molecule has 0 fully saturated rings. The Balaban J connectivity index is 0.000000189. The molecule has 0 spiro atoms. The number of rotatable bonds is 29. The molecule has 0 aliphatic heterocycles. The van der Waals surface area contributed by atoms with Gasteiger partial charge in [-0.2, -0.15) is 18.2 Å². The van der Waals surface area contributed by atoms with Gasteiger partial charge in [0.15, 0.2) is 23.1 Å². The summed E-state index contributed by atoms with van der Waals surface area (Å²) >= 11 is 0. The predicted octanol–water partition coefficient (Wildman–Crippen LogP) is 19.9. The number of benzene rings is 8. The lowest BCUT2D eigenvalue weighted by Crippen LogP contribution is -2.25. The first-order chi connectivity index (χ1) is 59.8. The third kappa shape index (κ3) is 24.9. The van der Waals surface area contributed by atoms with Gasteiger partial charge in [0.1, 0.15) is 34.6 Å². The largest absolute Gasteiger partial charge is 0.507 e. The molecule has 4 N–H and O–H groups in total. The number of pyridine rings is 4. The second kappa shape index (κ2) is 44.4. The van der Waals surface area contributed by atoms with E-state index in [2.05, 4.69) is 19.9 Å². The van der Waals surface area contributed by atoms with Crippen LogP contribution in [-0.2, 0) is 44.9 Å². The molecule has 0 saturated heterocycles. The highest BCUT2D eigenvalue weighted by atomic mass is 19.1. The fourth-order valence-electron chi connectivity index (χ4n) is 13.5. The number of hydrogen-bond donors (Lipinski definition) is 4. The summed E-state index contributed by atoms with van der Waals surface area (Å²) in [5, 5.41) is 41.6. The summed E-state index contributed by atoms with van der Waals surface area (Å²) in [6, 6.07) is 55.3. The summed E-state index contributed by atoms with van der Waals surface area (Å²) in [6.07, 6.45) is 6.71. The van der Waals surface area contributed by atoms with Gasteiger partial charge >= 0.3 is 0 Å². The second-order valence-corrected chi connectivity index (χ2v) is 29.2. The Morgan fingerprint density at radius 2 is 0.640 bits per heavy atom. The van der Waals surface area contributed by atoms with Gasteiger partial charge in [0.05, 0.1) is 40.7 Å². The monoisotopic (exact) mass is 1700 g/mol. The van der Waals surface area contributed by atoms with Gasteiger partial charge in [0.25, 0.3) is 0 Å². The van der Waals surface area contributed by atoms with Gasteiger partial charge in [-0.05, 0) is 223 Å². The number of methoxy groups -OCH3 is 1. The highest BCUT2D eigenvalue weighted by Gasteiger charge is 2.23. The SMILES string of the molecule is CCC(=O)N(C)c1ccc(-c2ccc(C(=O)CCc3ccc(F)nc3C)c(O)c2)cc1.CCC(=O)N(C)c1ccc(-c2ccc(C(=O)CCc3ccc(F)nc3F)c(O)c2)cc1.CCC(=O)N(C)c1ccc(-c2ccc(C(=O)CCc3cccnc3C)c(O)c2)cc1F.CCC(=O)N(C)c1ccc(-c2ccc(C(=O)CCc3cccnc3OC)c(O)c2)cc1F. The van der Waals surface area contributed by atoms with Gasteiger partial charge in [-0.25, -0.2) is 18.7 Å². The number of aromatic hydroxyl groups is 4. The topological polar surface area (TPSA) is 291 Å². The maximum Gasteiger partial charge on any atom is 0.226 e. The van der Waals surface area contributed by atoms with E-state index in [1.807, 2.05) is 80.6 Å². The van der Waals surface area contributed by atoms with Gasteiger partial charge in [0.2, 0.25) is 47.4 Å². The normalized spacial score (nSPS) is 10.7. The van der Waals surface area contributed by atoms with E-state index < -0.39 is 29.5 Å². The summed E-state index contributed by atoms with van der Waals surface area (Å²) in [5.41, 5.74) is 12.3. The van der Waals surface area contributed by atoms with E-state index in [1.54, 1.807) is 131 Å². The smallest absolute Gasteiger partial charge is 0.226 e. The van der Waals surface area contributed by atoms with Crippen molar-refractivity contribution in [3.05, 3.63) is 304 Å². The lowest BCUT2D eigenvalue weighted by Gasteiger charge is -2.18. The van der Waals surface area contributed by atoms with Crippen molar-refractivity contribution in [2.45, 2.75) is 119 Å². The number of halogens is 5. The van der Waals surface area contributed by atoms with E-state index in [4.69, 9.17) is 4.74 Å². The molecule has 12 rings (SSSR count). The molecule has 125 heavy (non-hydrogen) atoms. The molecule has 4 aromatic heterocycles. The molecule has 0 radical (unpaired) electrons. The van der Waals surface area contributed by atoms with Gasteiger partial charge < -0.3 is 44.8 Å². The number of phenolic OH excluding ortho intramolecular Hbond substituents is 4. The molecule has 0 bridgehead atoms. The van der Waals surface area contributed by atoms with Crippen LogP contribution in [0.15, 0.2) is 219 Å². The molecule has 646 valence electrons. The van der Waals surface area contributed by atoms with Crippen LogP contribution < -0.4 is 24.3 Å². The fraction of sp³-hybridized carbons (Fsp3) is 0.232. The van der Waals surface area contributed by atoms with Gasteiger partial charge in [-0.1, -0.05) is 107 Å². The number of amides is 4. The molecular formula is C99H97F5N8O13. The minimum Gasteiger partial charge on any atom is -0.507 e. The number of ether oxygens (including phenoxy) is 1.